The second-order valence-corrected chi connectivity index (χ2v) is 7.85. The van der Waals surface area contributed by atoms with Gasteiger partial charge < -0.3 is 14.9 Å². The lowest BCUT2D eigenvalue weighted by atomic mass is 10.1. The molecule has 0 spiro atoms. The van der Waals surface area contributed by atoms with Crippen LogP contribution in [-0.4, -0.2) is 55.2 Å². The summed E-state index contributed by atoms with van der Waals surface area (Å²) in [6.45, 7) is 3.75. The summed E-state index contributed by atoms with van der Waals surface area (Å²) in [5, 5.41) is 11.8. The summed E-state index contributed by atoms with van der Waals surface area (Å²) in [7, 11) is 3.81. The average Bonchev–Trinajstić information content (AvgIpc) is 2.52. The van der Waals surface area contributed by atoms with Crippen molar-refractivity contribution in [2.24, 2.45) is 0 Å². The molecule has 0 aromatic carbocycles. The first-order chi connectivity index (χ1) is 11.9. The van der Waals surface area contributed by atoms with Crippen molar-refractivity contribution in [3.8, 4) is 0 Å². The molecule has 0 saturated carbocycles. The van der Waals surface area contributed by atoms with Gasteiger partial charge in [0.25, 0.3) is 0 Å². The third kappa shape index (κ3) is 17.5. The van der Waals surface area contributed by atoms with Crippen molar-refractivity contribution in [1.82, 2.24) is 5.32 Å². The molecule has 0 aliphatic carbocycles. The minimum atomic E-state index is -0.782. The van der Waals surface area contributed by atoms with Gasteiger partial charge in [0.15, 0.2) is 6.54 Å². The molecule has 0 fully saturated rings. The van der Waals surface area contributed by atoms with Gasteiger partial charge in [0.2, 0.25) is 5.91 Å². The van der Waals surface area contributed by atoms with Crippen LogP contribution in [0.4, 0.5) is 0 Å². The Morgan fingerprint density at radius 1 is 0.840 bits per heavy atom. The van der Waals surface area contributed by atoms with Crippen LogP contribution < -0.4 is 5.32 Å². The molecule has 0 radical (unpaired) electrons. The molecule has 0 saturated heterocycles. The van der Waals surface area contributed by atoms with Gasteiger partial charge in [-0.1, -0.05) is 64.7 Å². The van der Waals surface area contributed by atoms with Crippen LogP contribution in [0.15, 0.2) is 0 Å². The highest BCUT2D eigenvalue weighted by Gasteiger charge is 2.18. The molecule has 2 N–H and O–H groups in total. The number of carbonyl (C=O) groups excluding carboxylic acids is 1. The maximum atomic E-state index is 11.8. The number of likely N-dealkylation sites (N-methyl/N-ethyl adjacent to an activating group) is 1. The van der Waals surface area contributed by atoms with E-state index < -0.39 is 5.97 Å². The van der Waals surface area contributed by atoms with E-state index in [2.05, 4.69) is 12.2 Å². The third-order valence-electron chi connectivity index (χ3n) is 4.58. The first kappa shape index (κ1) is 23.9. The summed E-state index contributed by atoms with van der Waals surface area (Å²) in [5.41, 5.74) is 0. The Balaban J connectivity index is 3.40. The minimum absolute atomic E-state index is 0.118. The van der Waals surface area contributed by atoms with Crippen molar-refractivity contribution in [1.29, 1.82) is 0 Å². The van der Waals surface area contributed by atoms with E-state index in [9.17, 15) is 9.59 Å². The lowest BCUT2D eigenvalue weighted by molar-refractivity contribution is -0.883. The van der Waals surface area contributed by atoms with E-state index in [-0.39, 0.29) is 12.5 Å². The van der Waals surface area contributed by atoms with E-state index in [1.54, 1.807) is 0 Å². The number of amides is 1. The smallest absolute Gasteiger partial charge is 0.359 e. The molecule has 0 unspecified atom stereocenters. The minimum Gasteiger partial charge on any atom is -0.477 e. The predicted octanol–water partition coefficient (Wildman–Crippen LogP) is 3.96. The predicted molar refractivity (Wildman–Crippen MR) is 104 cm³/mol. The molecule has 0 bridgehead atoms. The van der Waals surface area contributed by atoms with Crippen molar-refractivity contribution in [2.45, 2.75) is 84.0 Å². The molecule has 1 amide bonds. The first-order valence-electron chi connectivity index (χ1n) is 10.2. The Labute approximate surface area is 154 Å². The topological polar surface area (TPSA) is 66.4 Å². The van der Waals surface area contributed by atoms with E-state index in [4.69, 9.17) is 5.11 Å². The number of quaternary nitrogens is 1. The molecule has 0 atom stereocenters. The standard InChI is InChI=1S/C20H40N2O3/c1-4-5-6-7-8-9-10-11-12-13-15-19(23)21-16-14-17-22(2,3)18-20(24)25/h4-18H2,1-3H3,(H-,21,23,24,25)/p+1. The molecular weight excluding hydrogens is 316 g/mol. The highest BCUT2D eigenvalue weighted by molar-refractivity contribution is 5.75. The number of hydrogen-bond donors (Lipinski definition) is 2. The van der Waals surface area contributed by atoms with Gasteiger partial charge >= 0.3 is 5.97 Å². The summed E-state index contributed by atoms with van der Waals surface area (Å²) >= 11 is 0. The Morgan fingerprint density at radius 3 is 1.88 bits per heavy atom. The second kappa shape index (κ2) is 15.2. The maximum absolute atomic E-state index is 11.8. The van der Waals surface area contributed by atoms with Crippen LogP contribution in [0.25, 0.3) is 0 Å². The molecule has 0 aliphatic rings. The van der Waals surface area contributed by atoms with Crippen LogP contribution in [-0.2, 0) is 9.59 Å². The Bertz CT molecular complexity index is 357. The molecule has 0 aliphatic heterocycles. The molecule has 0 rings (SSSR count). The zero-order valence-electron chi connectivity index (χ0n) is 16.8. The fourth-order valence-electron chi connectivity index (χ4n) is 3.04. The summed E-state index contributed by atoms with van der Waals surface area (Å²) in [6, 6.07) is 0. The number of nitrogens with one attached hydrogen (secondary N) is 1. The summed E-state index contributed by atoms with van der Waals surface area (Å²) in [5.74, 6) is -0.655. The number of carboxylic acid groups (broad SMARTS) is 1. The summed E-state index contributed by atoms with van der Waals surface area (Å²) in [4.78, 5) is 22.5. The Morgan fingerprint density at radius 2 is 1.36 bits per heavy atom. The van der Waals surface area contributed by atoms with Crippen molar-refractivity contribution in [3.63, 3.8) is 0 Å². The van der Waals surface area contributed by atoms with Gasteiger partial charge in [-0.25, -0.2) is 4.79 Å². The normalized spacial score (nSPS) is 11.5. The molecule has 0 aromatic heterocycles. The van der Waals surface area contributed by atoms with Gasteiger partial charge in [-0.2, -0.15) is 0 Å². The average molecular weight is 358 g/mol. The lowest BCUT2D eigenvalue weighted by Crippen LogP contribution is -2.45. The quantitative estimate of drug-likeness (QED) is 0.306. The summed E-state index contributed by atoms with van der Waals surface area (Å²) in [6.07, 6.45) is 14.2. The van der Waals surface area contributed by atoms with E-state index >= 15 is 0 Å². The van der Waals surface area contributed by atoms with Crippen LogP contribution in [0.2, 0.25) is 0 Å². The molecule has 0 aromatic rings. The molecule has 148 valence electrons. The van der Waals surface area contributed by atoms with Crippen LogP contribution in [0.5, 0.6) is 0 Å². The fraction of sp³-hybridized carbons (Fsp3) is 0.900. The third-order valence-corrected chi connectivity index (χ3v) is 4.58. The fourth-order valence-corrected chi connectivity index (χ4v) is 3.04. The van der Waals surface area contributed by atoms with Gasteiger partial charge in [-0.15, -0.1) is 0 Å². The van der Waals surface area contributed by atoms with Crippen molar-refractivity contribution < 1.29 is 19.2 Å². The maximum Gasteiger partial charge on any atom is 0.359 e. The SMILES string of the molecule is CCCCCCCCCCCCC(=O)NCCC[N+](C)(C)CC(=O)O. The van der Waals surface area contributed by atoms with Crippen LogP contribution in [0.1, 0.15) is 84.0 Å². The first-order valence-corrected chi connectivity index (χ1v) is 10.2. The number of carboxylic acids is 1. The molecule has 5 heteroatoms. The zero-order valence-corrected chi connectivity index (χ0v) is 16.8. The van der Waals surface area contributed by atoms with Crippen LogP contribution in [0.3, 0.4) is 0 Å². The number of rotatable bonds is 17. The zero-order chi connectivity index (χ0) is 19.0. The summed E-state index contributed by atoms with van der Waals surface area (Å²) < 4.78 is 0.448. The Kier molecular flexibility index (Phi) is 14.5. The number of unbranched alkanes of at least 4 members (excludes halogenated alkanes) is 9. The van der Waals surface area contributed by atoms with E-state index in [0.717, 1.165) is 25.8 Å². The molecule has 25 heavy (non-hydrogen) atoms. The largest absolute Gasteiger partial charge is 0.477 e. The Hall–Kier alpha value is -1.10. The highest BCUT2D eigenvalue weighted by atomic mass is 16.4. The van der Waals surface area contributed by atoms with Gasteiger partial charge in [0.05, 0.1) is 20.6 Å². The number of nitrogens with zero attached hydrogens (tertiary/aromatic N) is 1. The lowest BCUT2D eigenvalue weighted by Gasteiger charge is -2.27. The van der Waals surface area contributed by atoms with Crippen molar-refractivity contribution in [2.75, 3.05) is 33.7 Å². The number of aliphatic carboxylic acids is 1. The van der Waals surface area contributed by atoms with Crippen LogP contribution in [0, 0.1) is 0 Å². The van der Waals surface area contributed by atoms with Gasteiger partial charge in [-0.05, 0) is 6.42 Å². The number of carbonyl (C=O) groups is 2. The second-order valence-electron chi connectivity index (χ2n) is 7.85. The molecule has 0 heterocycles. The molecular formula is C20H41N2O3+. The van der Waals surface area contributed by atoms with Gasteiger partial charge in [0, 0.05) is 19.4 Å². The van der Waals surface area contributed by atoms with Crippen molar-refractivity contribution >= 4 is 11.9 Å². The van der Waals surface area contributed by atoms with Gasteiger partial charge in [0.1, 0.15) is 0 Å². The van der Waals surface area contributed by atoms with E-state index in [1.807, 2.05) is 14.1 Å². The molecule has 5 nitrogen and oxygen atoms in total. The van der Waals surface area contributed by atoms with Crippen molar-refractivity contribution in [3.05, 3.63) is 0 Å². The van der Waals surface area contributed by atoms with Gasteiger partial charge in [-0.3, -0.25) is 4.79 Å². The van der Waals surface area contributed by atoms with E-state index in [0.29, 0.717) is 17.4 Å². The highest BCUT2D eigenvalue weighted by Crippen LogP contribution is 2.11. The monoisotopic (exact) mass is 357 g/mol. The van der Waals surface area contributed by atoms with E-state index in [1.165, 1.54) is 51.4 Å². The van der Waals surface area contributed by atoms with Crippen LogP contribution >= 0.6 is 0 Å². The number of hydrogen-bond acceptors (Lipinski definition) is 2.